The summed E-state index contributed by atoms with van der Waals surface area (Å²) in [6.45, 7) is 5.13. The second-order valence-corrected chi connectivity index (χ2v) is 3.80. The summed E-state index contributed by atoms with van der Waals surface area (Å²) in [5, 5.41) is 0.356. The highest BCUT2D eigenvalue weighted by Gasteiger charge is 2.23. The number of ether oxygens (including phenoxy) is 1. The van der Waals surface area contributed by atoms with Crippen molar-refractivity contribution in [3.05, 3.63) is 0 Å². The fourth-order valence-corrected chi connectivity index (χ4v) is 1.76. The predicted octanol–water partition coefficient (Wildman–Crippen LogP) is 1.33. The molecule has 0 bridgehead atoms. The van der Waals surface area contributed by atoms with Gasteiger partial charge < -0.3 is 4.74 Å². The molecule has 11 heavy (non-hydrogen) atoms. The zero-order valence-corrected chi connectivity index (χ0v) is 7.97. The minimum absolute atomic E-state index is 0.356. The number of hydrogen-bond donors (Lipinski definition) is 0. The smallest absolute Gasteiger partial charge is 0.0615 e. The van der Waals surface area contributed by atoms with E-state index in [1.807, 2.05) is 0 Å². The van der Waals surface area contributed by atoms with E-state index in [0.717, 1.165) is 26.1 Å². The van der Waals surface area contributed by atoms with Crippen LogP contribution in [0.15, 0.2) is 0 Å². The number of hydrogen-bond acceptors (Lipinski definition) is 2. The Labute approximate surface area is 73.5 Å². The van der Waals surface area contributed by atoms with E-state index in [0.29, 0.717) is 11.4 Å². The van der Waals surface area contributed by atoms with E-state index in [1.54, 1.807) is 7.11 Å². The van der Waals surface area contributed by atoms with E-state index in [1.165, 1.54) is 0 Å². The van der Waals surface area contributed by atoms with Gasteiger partial charge in [0, 0.05) is 31.6 Å². The Bertz CT molecular complexity index is 121. The molecule has 1 fully saturated rings. The summed E-state index contributed by atoms with van der Waals surface area (Å²) in [4.78, 5) is 2.38. The van der Waals surface area contributed by atoms with Crippen molar-refractivity contribution in [3.63, 3.8) is 0 Å². The predicted molar refractivity (Wildman–Crippen MR) is 47.2 cm³/mol. The summed E-state index contributed by atoms with van der Waals surface area (Å²) in [5.41, 5.74) is 0. The van der Waals surface area contributed by atoms with Gasteiger partial charge in [0.15, 0.2) is 0 Å². The number of methoxy groups -OCH3 is 1. The first-order valence-corrected chi connectivity index (χ1v) is 4.54. The third kappa shape index (κ3) is 2.62. The molecular formula is C8H16ClNO. The molecule has 1 aliphatic rings. The molecule has 1 rings (SSSR count). The molecule has 0 aromatic heterocycles. The minimum Gasteiger partial charge on any atom is -0.383 e. The van der Waals surface area contributed by atoms with Crippen molar-refractivity contribution in [2.24, 2.45) is 0 Å². The van der Waals surface area contributed by atoms with Gasteiger partial charge in [-0.1, -0.05) is 0 Å². The summed E-state index contributed by atoms with van der Waals surface area (Å²) in [6, 6.07) is 0.517. The first kappa shape index (κ1) is 9.30. The summed E-state index contributed by atoms with van der Waals surface area (Å²) >= 11 is 5.97. The molecule has 1 saturated heterocycles. The van der Waals surface area contributed by atoms with Crippen molar-refractivity contribution in [1.29, 1.82) is 0 Å². The molecule has 0 saturated carbocycles. The SMILES string of the molecule is COCC(C)N1CCC(Cl)C1. The Kier molecular flexibility index (Phi) is 3.63. The second kappa shape index (κ2) is 4.29. The zero-order valence-electron chi connectivity index (χ0n) is 7.22. The molecule has 1 aliphatic heterocycles. The van der Waals surface area contributed by atoms with E-state index >= 15 is 0 Å². The number of rotatable bonds is 3. The Morgan fingerprint density at radius 2 is 2.45 bits per heavy atom. The first-order chi connectivity index (χ1) is 5.24. The lowest BCUT2D eigenvalue weighted by Gasteiger charge is -2.22. The molecular weight excluding hydrogens is 162 g/mol. The van der Waals surface area contributed by atoms with Gasteiger partial charge in [-0.15, -0.1) is 11.6 Å². The maximum Gasteiger partial charge on any atom is 0.0615 e. The van der Waals surface area contributed by atoms with Crippen molar-refractivity contribution in [1.82, 2.24) is 4.90 Å². The standard InChI is InChI=1S/C8H16ClNO/c1-7(6-11-2)10-4-3-8(9)5-10/h7-8H,3-6H2,1-2H3. The Morgan fingerprint density at radius 1 is 1.73 bits per heavy atom. The molecule has 0 aliphatic carbocycles. The maximum absolute atomic E-state index is 5.97. The van der Waals surface area contributed by atoms with Gasteiger partial charge in [-0.05, 0) is 13.3 Å². The second-order valence-electron chi connectivity index (χ2n) is 3.19. The Hall–Kier alpha value is 0.210. The van der Waals surface area contributed by atoms with Crippen LogP contribution >= 0.6 is 11.6 Å². The van der Waals surface area contributed by atoms with Crippen LogP contribution in [0.5, 0.6) is 0 Å². The topological polar surface area (TPSA) is 12.5 Å². The van der Waals surface area contributed by atoms with Crippen molar-refractivity contribution in [2.45, 2.75) is 24.8 Å². The van der Waals surface area contributed by atoms with Crippen LogP contribution in [-0.2, 0) is 4.74 Å². The lowest BCUT2D eigenvalue weighted by Crippen LogP contribution is -2.34. The molecule has 0 spiro atoms. The van der Waals surface area contributed by atoms with E-state index < -0.39 is 0 Å². The van der Waals surface area contributed by atoms with E-state index in [-0.39, 0.29) is 0 Å². The van der Waals surface area contributed by atoms with Gasteiger partial charge in [-0.3, -0.25) is 4.90 Å². The number of nitrogens with zero attached hydrogens (tertiary/aromatic N) is 1. The third-order valence-electron chi connectivity index (χ3n) is 2.19. The van der Waals surface area contributed by atoms with Gasteiger partial charge in [-0.25, -0.2) is 0 Å². The van der Waals surface area contributed by atoms with Crippen LogP contribution in [0.25, 0.3) is 0 Å². The highest BCUT2D eigenvalue weighted by Crippen LogP contribution is 2.16. The van der Waals surface area contributed by atoms with Gasteiger partial charge in [0.05, 0.1) is 6.61 Å². The molecule has 66 valence electrons. The fourth-order valence-electron chi connectivity index (χ4n) is 1.49. The fraction of sp³-hybridized carbons (Fsp3) is 1.00. The first-order valence-electron chi connectivity index (χ1n) is 4.11. The van der Waals surface area contributed by atoms with Crippen LogP contribution in [0.3, 0.4) is 0 Å². The van der Waals surface area contributed by atoms with Gasteiger partial charge in [0.1, 0.15) is 0 Å². The zero-order chi connectivity index (χ0) is 8.27. The quantitative estimate of drug-likeness (QED) is 0.604. The van der Waals surface area contributed by atoms with Crippen molar-refractivity contribution < 1.29 is 4.74 Å². The molecule has 0 radical (unpaired) electrons. The number of alkyl halides is 1. The summed E-state index contributed by atoms with van der Waals surface area (Å²) in [7, 11) is 1.74. The van der Waals surface area contributed by atoms with Crippen LogP contribution in [0.2, 0.25) is 0 Å². The van der Waals surface area contributed by atoms with E-state index in [2.05, 4.69) is 11.8 Å². The maximum atomic E-state index is 5.97. The normalized spacial score (nSPS) is 29.2. The van der Waals surface area contributed by atoms with Crippen molar-refractivity contribution in [2.75, 3.05) is 26.8 Å². The summed E-state index contributed by atoms with van der Waals surface area (Å²) in [5.74, 6) is 0. The average Bonchev–Trinajstić information content (AvgIpc) is 2.36. The summed E-state index contributed by atoms with van der Waals surface area (Å²) < 4.78 is 5.07. The van der Waals surface area contributed by atoms with Gasteiger partial charge in [0.25, 0.3) is 0 Å². The van der Waals surface area contributed by atoms with Crippen molar-refractivity contribution >= 4 is 11.6 Å². The molecule has 2 atom stereocenters. The minimum atomic E-state index is 0.356. The van der Waals surface area contributed by atoms with Gasteiger partial charge in [-0.2, -0.15) is 0 Å². The Balaban J connectivity index is 2.25. The molecule has 2 nitrogen and oxygen atoms in total. The largest absolute Gasteiger partial charge is 0.383 e. The number of likely N-dealkylation sites (tertiary alicyclic amines) is 1. The van der Waals surface area contributed by atoms with Crippen molar-refractivity contribution in [3.8, 4) is 0 Å². The lowest BCUT2D eigenvalue weighted by atomic mass is 10.3. The molecule has 2 unspecified atom stereocenters. The van der Waals surface area contributed by atoms with Gasteiger partial charge >= 0.3 is 0 Å². The molecule has 3 heteroatoms. The molecule has 1 heterocycles. The van der Waals surface area contributed by atoms with Gasteiger partial charge in [0.2, 0.25) is 0 Å². The third-order valence-corrected chi connectivity index (χ3v) is 2.55. The van der Waals surface area contributed by atoms with Crippen LogP contribution in [0.4, 0.5) is 0 Å². The molecule has 0 aromatic rings. The highest BCUT2D eigenvalue weighted by atomic mass is 35.5. The summed E-state index contributed by atoms with van der Waals surface area (Å²) in [6.07, 6.45) is 1.12. The molecule has 0 amide bonds. The van der Waals surface area contributed by atoms with E-state index in [9.17, 15) is 0 Å². The molecule has 0 N–H and O–H groups in total. The van der Waals surface area contributed by atoms with E-state index in [4.69, 9.17) is 16.3 Å². The monoisotopic (exact) mass is 177 g/mol. The lowest BCUT2D eigenvalue weighted by molar-refractivity contribution is 0.115. The van der Waals surface area contributed by atoms with Crippen LogP contribution in [-0.4, -0.2) is 43.1 Å². The highest BCUT2D eigenvalue weighted by molar-refractivity contribution is 6.20. The number of halogens is 1. The molecule has 0 aromatic carbocycles. The van der Waals surface area contributed by atoms with Crippen LogP contribution in [0, 0.1) is 0 Å². The average molecular weight is 178 g/mol. The van der Waals surface area contributed by atoms with Crippen LogP contribution in [0.1, 0.15) is 13.3 Å². The van der Waals surface area contributed by atoms with Crippen LogP contribution < -0.4 is 0 Å². The Morgan fingerprint density at radius 3 is 2.91 bits per heavy atom.